The van der Waals surface area contributed by atoms with Gasteiger partial charge in [0.25, 0.3) is 0 Å². The molecule has 0 aromatic heterocycles. The number of likely N-dealkylation sites (tertiary alicyclic amines) is 1. The maximum atomic E-state index is 3.77. The first-order valence-corrected chi connectivity index (χ1v) is 7.30. The fraction of sp³-hybridized carbons (Fsp3) is 0.625. The van der Waals surface area contributed by atoms with Crippen LogP contribution in [0.1, 0.15) is 30.7 Å². The molecule has 3 rings (SSSR count). The van der Waals surface area contributed by atoms with Crippen molar-refractivity contribution in [3.63, 3.8) is 0 Å². The number of rotatable bonds is 4. The van der Waals surface area contributed by atoms with Crippen molar-refractivity contribution >= 4 is 0 Å². The second kappa shape index (κ2) is 5.41. The minimum absolute atomic E-state index is 0.736. The van der Waals surface area contributed by atoms with Crippen LogP contribution in [0.2, 0.25) is 0 Å². The molecule has 98 valence electrons. The number of nitrogens with one attached hydrogen (secondary N) is 1. The Labute approximate surface area is 110 Å². The molecule has 0 bridgehead atoms. The normalized spacial score (nSPS) is 32.4. The van der Waals surface area contributed by atoms with E-state index in [4.69, 9.17) is 0 Å². The summed E-state index contributed by atoms with van der Waals surface area (Å²) in [4.78, 5) is 2.47. The summed E-state index contributed by atoms with van der Waals surface area (Å²) in [6, 6.07) is 11.7. The third-order valence-electron chi connectivity index (χ3n) is 4.41. The van der Waals surface area contributed by atoms with E-state index in [1.54, 1.807) is 0 Å². The Bertz CT molecular complexity index is 376. The van der Waals surface area contributed by atoms with Crippen molar-refractivity contribution in [3.05, 3.63) is 35.9 Å². The number of nitrogens with zero attached hydrogens (tertiary/aromatic N) is 1. The molecule has 1 aliphatic carbocycles. The predicted octanol–water partition coefficient (Wildman–Crippen LogP) is 2.47. The average molecular weight is 244 g/mol. The Morgan fingerprint density at radius 2 is 2.11 bits per heavy atom. The van der Waals surface area contributed by atoms with Crippen LogP contribution in [0.15, 0.2) is 30.3 Å². The summed E-state index contributed by atoms with van der Waals surface area (Å²) in [5.41, 5.74) is 1.51. The van der Waals surface area contributed by atoms with Gasteiger partial charge < -0.3 is 10.2 Å². The van der Waals surface area contributed by atoms with E-state index >= 15 is 0 Å². The third kappa shape index (κ3) is 2.93. The predicted molar refractivity (Wildman–Crippen MR) is 75.8 cm³/mol. The summed E-state index contributed by atoms with van der Waals surface area (Å²) < 4.78 is 0. The fourth-order valence-corrected chi connectivity index (χ4v) is 3.25. The van der Waals surface area contributed by atoms with Crippen LogP contribution in [-0.2, 0) is 0 Å². The molecule has 2 heteroatoms. The zero-order valence-electron chi connectivity index (χ0n) is 11.3. The molecule has 0 spiro atoms. The number of hydrogen-bond acceptors (Lipinski definition) is 2. The van der Waals surface area contributed by atoms with Crippen LogP contribution < -0.4 is 5.32 Å². The molecule has 1 aromatic carbocycles. The number of piperidine rings is 1. The smallest absolute Gasteiger partial charge is 0.0143 e. The van der Waals surface area contributed by atoms with Crippen molar-refractivity contribution in [2.24, 2.45) is 5.92 Å². The van der Waals surface area contributed by atoms with Gasteiger partial charge in [0.05, 0.1) is 0 Å². The van der Waals surface area contributed by atoms with Gasteiger partial charge in [-0.1, -0.05) is 30.3 Å². The van der Waals surface area contributed by atoms with E-state index < -0.39 is 0 Å². The summed E-state index contributed by atoms with van der Waals surface area (Å²) in [5.74, 6) is 1.63. The van der Waals surface area contributed by atoms with Gasteiger partial charge in [0.1, 0.15) is 0 Å². The lowest BCUT2D eigenvalue weighted by atomic mass is 9.98. The van der Waals surface area contributed by atoms with Crippen LogP contribution >= 0.6 is 0 Å². The van der Waals surface area contributed by atoms with E-state index in [0.29, 0.717) is 0 Å². The maximum absolute atomic E-state index is 3.77. The van der Waals surface area contributed by atoms with Crippen LogP contribution in [0.5, 0.6) is 0 Å². The number of hydrogen-bond donors (Lipinski definition) is 1. The summed E-state index contributed by atoms with van der Waals surface area (Å²) in [6.45, 7) is 3.76. The lowest BCUT2D eigenvalue weighted by Crippen LogP contribution is -2.38. The summed E-state index contributed by atoms with van der Waals surface area (Å²) >= 11 is 0. The van der Waals surface area contributed by atoms with E-state index in [2.05, 4.69) is 47.6 Å². The molecular formula is C16H24N2. The molecule has 3 unspecified atom stereocenters. The van der Waals surface area contributed by atoms with Gasteiger partial charge >= 0.3 is 0 Å². The highest BCUT2D eigenvalue weighted by molar-refractivity contribution is 5.27. The molecule has 3 atom stereocenters. The van der Waals surface area contributed by atoms with Gasteiger partial charge in [-0.2, -0.15) is 0 Å². The van der Waals surface area contributed by atoms with Crippen LogP contribution in [0.3, 0.4) is 0 Å². The molecule has 1 saturated heterocycles. The van der Waals surface area contributed by atoms with Gasteiger partial charge in [-0.3, -0.25) is 0 Å². The van der Waals surface area contributed by atoms with Crippen LogP contribution in [-0.4, -0.2) is 37.6 Å². The topological polar surface area (TPSA) is 15.3 Å². The molecule has 2 aliphatic rings. The zero-order chi connectivity index (χ0) is 12.4. The van der Waals surface area contributed by atoms with E-state index in [1.807, 2.05) is 0 Å². The molecule has 2 fully saturated rings. The Morgan fingerprint density at radius 3 is 2.89 bits per heavy atom. The van der Waals surface area contributed by atoms with Gasteiger partial charge in [0.15, 0.2) is 0 Å². The molecule has 0 radical (unpaired) electrons. The second-order valence-electron chi connectivity index (χ2n) is 6.04. The first kappa shape index (κ1) is 12.2. The van der Waals surface area contributed by atoms with Crippen LogP contribution in [0, 0.1) is 5.92 Å². The molecule has 1 N–H and O–H groups in total. The summed E-state index contributed by atoms with van der Waals surface area (Å²) in [5, 5.41) is 3.77. The van der Waals surface area contributed by atoms with Crippen LogP contribution in [0.25, 0.3) is 0 Å². The van der Waals surface area contributed by atoms with E-state index in [0.717, 1.165) is 17.9 Å². The summed E-state index contributed by atoms with van der Waals surface area (Å²) in [6.07, 6.45) is 4.10. The highest BCUT2D eigenvalue weighted by atomic mass is 15.1. The number of benzene rings is 1. The monoisotopic (exact) mass is 244 g/mol. The van der Waals surface area contributed by atoms with Gasteiger partial charge in [-0.15, -0.1) is 0 Å². The average Bonchev–Trinajstić information content (AvgIpc) is 3.17. The van der Waals surface area contributed by atoms with E-state index in [-0.39, 0.29) is 0 Å². The van der Waals surface area contributed by atoms with Gasteiger partial charge in [-0.25, -0.2) is 0 Å². The first-order chi connectivity index (χ1) is 8.83. The first-order valence-electron chi connectivity index (χ1n) is 7.30. The minimum atomic E-state index is 0.736. The highest BCUT2D eigenvalue weighted by Crippen LogP contribution is 2.40. The Balaban J connectivity index is 1.43. The molecule has 2 nitrogen and oxygen atoms in total. The fourth-order valence-electron chi connectivity index (χ4n) is 3.25. The van der Waals surface area contributed by atoms with Gasteiger partial charge in [-0.05, 0) is 50.9 Å². The standard InChI is InChI=1S/C16H24N2/c1-18-9-5-6-13(12-18)11-17-16-10-15(16)14-7-3-2-4-8-14/h2-4,7-8,13,15-17H,5-6,9-12H2,1H3. The van der Waals surface area contributed by atoms with Crippen molar-refractivity contribution in [3.8, 4) is 0 Å². The van der Waals surface area contributed by atoms with Crippen LogP contribution in [0.4, 0.5) is 0 Å². The Hall–Kier alpha value is -0.860. The van der Waals surface area contributed by atoms with Crippen molar-refractivity contribution in [1.29, 1.82) is 0 Å². The van der Waals surface area contributed by atoms with E-state index in [1.165, 1.54) is 44.5 Å². The third-order valence-corrected chi connectivity index (χ3v) is 4.41. The van der Waals surface area contributed by atoms with Crippen molar-refractivity contribution in [1.82, 2.24) is 10.2 Å². The Morgan fingerprint density at radius 1 is 1.28 bits per heavy atom. The lowest BCUT2D eigenvalue weighted by molar-refractivity contribution is 0.206. The molecular weight excluding hydrogens is 220 g/mol. The maximum Gasteiger partial charge on any atom is 0.0143 e. The second-order valence-corrected chi connectivity index (χ2v) is 6.04. The zero-order valence-corrected chi connectivity index (χ0v) is 11.3. The largest absolute Gasteiger partial charge is 0.313 e. The molecule has 1 aromatic rings. The van der Waals surface area contributed by atoms with E-state index in [9.17, 15) is 0 Å². The van der Waals surface area contributed by atoms with Gasteiger partial charge in [0, 0.05) is 18.5 Å². The van der Waals surface area contributed by atoms with Crippen molar-refractivity contribution in [2.75, 3.05) is 26.7 Å². The SMILES string of the molecule is CN1CCCC(CNC2CC2c2ccccc2)C1. The quantitative estimate of drug-likeness (QED) is 0.875. The molecule has 1 heterocycles. The molecule has 1 saturated carbocycles. The lowest BCUT2D eigenvalue weighted by Gasteiger charge is -2.29. The summed E-state index contributed by atoms with van der Waals surface area (Å²) in [7, 11) is 2.25. The minimum Gasteiger partial charge on any atom is -0.313 e. The molecule has 18 heavy (non-hydrogen) atoms. The molecule has 1 aliphatic heterocycles. The Kier molecular flexibility index (Phi) is 3.67. The highest BCUT2D eigenvalue weighted by Gasteiger charge is 2.38. The van der Waals surface area contributed by atoms with Crippen molar-refractivity contribution in [2.45, 2.75) is 31.2 Å². The molecule has 0 amide bonds. The van der Waals surface area contributed by atoms with Crippen molar-refractivity contribution < 1.29 is 0 Å². The van der Waals surface area contributed by atoms with Gasteiger partial charge in [0.2, 0.25) is 0 Å².